The van der Waals surface area contributed by atoms with Crippen LogP contribution in [0.15, 0.2) is 24.3 Å². The molecule has 1 rings (SSSR count). The summed E-state index contributed by atoms with van der Waals surface area (Å²) in [5.41, 5.74) is 6.62. The normalized spacial score (nSPS) is 12.3. The van der Waals surface area contributed by atoms with Crippen LogP contribution in [0.3, 0.4) is 0 Å². The maximum absolute atomic E-state index is 11.5. The molecule has 0 aliphatic heterocycles. The lowest BCUT2D eigenvalue weighted by Crippen LogP contribution is -2.40. The molecule has 0 radical (unpaired) electrons. The van der Waals surface area contributed by atoms with Crippen LogP contribution < -0.4 is 15.8 Å². The van der Waals surface area contributed by atoms with Crippen molar-refractivity contribution in [1.82, 2.24) is 5.32 Å². The minimum absolute atomic E-state index is 0.0197. The quantitative estimate of drug-likeness (QED) is 0.807. The molecule has 18 heavy (non-hydrogen) atoms. The molecule has 0 unspecified atom stereocenters. The fourth-order valence-electron chi connectivity index (χ4n) is 1.49. The number of amides is 1. The average Bonchev–Trinajstić information content (AvgIpc) is 2.36. The van der Waals surface area contributed by atoms with E-state index in [0.29, 0.717) is 12.5 Å². The molecule has 1 aromatic carbocycles. The number of ether oxygens (including phenoxy) is 1. The van der Waals surface area contributed by atoms with Gasteiger partial charge in [-0.3, -0.25) is 4.79 Å². The number of hydrogen-bond acceptors (Lipinski definition) is 3. The lowest BCUT2D eigenvalue weighted by atomic mass is 10.0. The topological polar surface area (TPSA) is 64.3 Å². The van der Waals surface area contributed by atoms with Crippen LogP contribution in [-0.4, -0.2) is 25.1 Å². The molecule has 0 fully saturated rings. The van der Waals surface area contributed by atoms with E-state index < -0.39 is 0 Å². The minimum Gasteiger partial charge on any atom is -0.484 e. The highest BCUT2D eigenvalue weighted by molar-refractivity contribution is 5.77. The second-order valence-corrected chi connectivity index (χ2v) is 4.72. The Kier molecular flexibility index (Phi) is 5.65. The van der Waals surface area contributed by atoms with Crippen LogP contribution >= 0.6 is 0 Å². The zero-order chi connectivity index (χ0) is 13.5. The van der Waals surface area contributed by atoms with Crippen LogP contribution in [0.2, 0.25) is 0 Å². The molecular formula is C14H22N2O2. The number of nitrogens with two attached hydrogens (primary N) is 1. The predicted molar refractivity (Wildman–Crippen MR) is 72.7 cm³/mol. The van der Waals surface area contributed by atoms with Gasteiger partial charge in [-0.1, -0.05) is 26.0 Å². The maximum atomic E-state index is 11.5. The molecule has 1 atom stereocenters. The van der Waals surface area contributed by atoms with Crippen LogP contribution in [0.25, 0.3) is 0 Å². The SMILES string of the molecule is CC(C)c1cccc(OCC(=O)N[C@@H](C)CN)c1. The Morgan fingerprint density at radius 1 is 1.39 bits per heavy atom. The van der Waals surface area contributed by atoms with Gasteiger partial charge in [0.15, 0.2) is 6.61 Å². The number of nitrogens with one attached hydrogen (secondary N) is 1. The smallest absolute Gasteiger partial charge is 0.258 e. The van der Waals surface area contributed by atoms with Gasteiger partial charge in [0.1, 0.15) is 5.75 Å². The highest BCUT2D eigenvalue weighted by Crippen LogP contribution is 2.19. The highest BCUT2D eigenvalue weighted by atomic mass is 16.5. The Hall–Kier alpha value is -1.55. The van der Waals surface area contributed by atoms with E-state index in [9.17, 15) is 4.79 Å². The van der Waals surface area contributed by atoms with Gasteiger partial charge in [-0.2, -0.15) is 0 Å². The fourth-order valence-corrected chi connectivity index (χ4v) is 1.49. The minimum atomic E-state index is -0.150. The number of rotatable bonds is 6. The largest absolute Gasteiger partial charge is 0.484 e. The van der Waals surface area contributed by atoms with Crippen LogP contribution in [0, 0.1) is 0 Å². The molecule has 0 aromatic heterocycles. The molecule has 0 bridgehead atoms. The van der Waals surface area contributed by atoms with Crippen molar-refractivity contribution < 1.29 is 9.53 Å². The Morgan fingerprint density at radius 2 is 2.11 bits per heavy atom. The number of benzene rings is 1. The standard InChI is InChI=1S/C14H22N2O2/c1-10(2)12-5-4-6-13(7-12)18-9-14(17)16-11(3)8-15/h4-7,10-11H,8-9,15H2,1-3H3,(H,16,17)/t11-/m0/s1. The zero-order valence-corrected chi connectivity index (χ0v) is 11.3. The predicted octanol–water partition coefficient (Wildman–Crippen LogP) is 1.65. The van der Waals surface area contributed by atoms with Crippen molar-refractivity contribution in [2.75, 3.05) is 13.2 Å². The molecule has 0 spiro atoms. The van der Waals surface area contributed by atoms with Crippen molar-refractivity contribution in [1.29, 1.82) is 0 Å². The Morgan fingerprint density at radius 3 is 2.72 bits per heavy atom. The molecule has 3 N–H and O–H groups in total. The van der Waals surface area contributed by atoms with E-state index in [1.807, 2.05) is 31.2 Å². The molecule has 4 nitrogen and oxygen atoms in total. The molecule has 0 saturated heterocycles. The number of carbonyl (C=O) groups is 1. The van der Waals surface area contributed by atoms with Crippen molar-refractivity contribution in [2.24, 2.45) is 5.73 Å². The molecule has 0 heterocycles. The molecule has 0 aliphatic rings. The maximum Gasteiger partial charge on any atom is 0.258 e. The monoisotopic (exact) mass is 250 g/mol. The first-order chi connectivity index (χ1) is 8.52. The van der Waals surface area contributed by atoms with E-state index in [1.54, 1.807) is 0 Å². The van der Waals surface area contributed by atoms with Crippen LogP contribution in [0.5, 0.6) is 5.75 Å². The average molecular weight is 250 g/mol. The number of carbonyl (C=O) groups excluding carboxylic acids is 1. The van der Waals surface area contributed by atoms with E-state index in [-0.39, 0.29) is 18.6 Å². The second kappa shape index (κ2) is 7.01. The van der Waals surface area contributed by atoms with Gasteiger partial charge in [0, 0.05) is 12.6 Å². The van der Waals surface area contributed by atoms with Gasteiger partial charge < -0.3 is 15.8 Å². The van der Waals surface area contributed by atoms with E-state index in [1.165, 1.54) is 5.56 Å². The number of hydrogen-bond donors (Lipinski definition) is 2. The summed E-state index contributed by atoms with van der Waals surface area (Å²) in [6.45, 7) is 6.54. The first-order valence-electron chi connectivity index (χ1n) is 6.25. The van der Waals surface area contributed by atoms with Gasteiger partial charge in [0.25, 0.3) is 5.91 Å². The summed E-state index contributed by atoms with van der Waals surface area (Å²) >= 11 is 0. The summed E-state index contributed by atoms with van der Waals surface area (Å²) in [6.07, 6.45) is 0. The van der Waals surface area contributed by atoms with Gasteiger partial charge in [-0.25, -0.2) is 0 Å². The van der Waals surface area contributed by atoms with Gasteiger partial charge in [-0.15, -0.1) is 0 Å². The van der Waals surface area contributed by atoms with E-state index >= 15 is 0 Å². The summed E-state index contributed by atoms with van der Waals surface area (Å²) in [5, 5.41) is 2.75. The van der Waals surface area contributed by atoms with Gasteiger partial charge in [-0.05, 0) is 30.5 Å². The molecule has 1 amide bonds. The van der Waals surface area contributed by atoms with Crippen molar-refractivity contribution in [3.8, 4) is 5.75 Å². The molecule has 0 saturated carbocycles. The van der Waals surface area contributed by atoms with Gasteiger partial charge in [0.2, 0.25) is 0 Å². The van der Waals surface area contributed by atoms with E-state index in [4.69, 9.17) is 10.5 Å². The van der Waals surface area contributed by atoms with Crippen LogP contribution in [0.1, 0.15) is 32.3 Å². The summed E-state index contributed by atoms with van der Waals surface area (Å²) in [4.78, 5) is 11.5. The summed E-state index contributed by atoms with van der Waals surface area (Å²) in [6, 6.07) is 7.78. The highest BCUT2D eigenvalue weighted by Gasteiger charge is 2.07. The summed E-state index contributed by atoms with van der Waals surface area (Å²) < 4.78 is 5.45. The second-order valence-electron chi connectivity index (χ2n) is 4.72. The van der Waals surface area contributed by atoms with E-state index in [2.05, 4.69) is 19.2 Å². The fraction of sp³-hybridized carbons (Fsp3) is 0.500. The first-order valence-corrected chi connectivity index (χ1v) is 6.25. The Balaban J connectivity index is 2.48. The van der Waals surface area contributed by atoms with Crippen LogP contribution in [0.4, 0.5) is 0 Å². The third kappa shape index (κ3) is 4.75. The lowest BCUT2D eigenvalue weighted by molar-refractivity contribution is -0.123. The summed E-state index contributed by atoms with van der Waals surface area (Å²) in [7, 11) is 0. The third-order valence-electron chi connectivity index (χ3n) is 2.66. The first kappa shape index (κ1) is 14.5. The molecular weight excluding hydrogens is 228 g/mol. The molecule has 1 aromatic rings. The van der Waals surface area contributed by atoms with Gasteiger partial charge in [0.05, 0.1) is 0 Å². The molecule has 4 heteroatoms. The Labute approximate surface area is 109 Å². The molecule has 100 valence electrons. The van der Waals surface area contributed by atoms with Crippen molar-refractivity contribution >= 4 is 5.91 Å². The van der Waals surface area contributed by atoms with Crippen molar-refractivity contribution in [3.05, 3.63) is 29.8 Å². The van der Waals surface area contributed by atoms with Gasteiger partial charge >= 0.3 is 0 Å². The van der Waals surface area contributed by atoms with E-state index in [0.717, 1.165) is 5.75 Å². The molecule has 0 aliphatic carbocycles. The zero-order valence-electron chi connectivity index (χ0n) is 11.3. The van der Waals surface area contributed by atoms with Crippen LogP contribution in [-0.2, 0) is 4.79 Å². The summed E-state index contributed by atoms with van der Waals surface area (Å²) in [5.74, 6) is 1.01. The van der Waals surface area contributed by atoms with Crippen molar-refractivity contribution in [2.45, 2.75) is 32.7 Å². The third-order valence-corrected chi connectivity index (χ3v) is 2.66. The Bertz CT molecular complexity index is 391. The lowest BCUT2D eigenvalue weighted by Gasteiger charge is -2.13. The van der Waals surface area contributed by atoms with Crippen molar-refractivity contribution in [3.63, 3.8) is 0 Å².